The molecule has 0 radical (unpaired) electrons. The molecule has 21 heavy (non-hydrogen) atoms. The van der Waals surface area contributed by atoms with Crippen LogP contribution >= 0.6 is 23.2 Å². The minimum absolute atomic E-state index is 0.00203. The van der Waals surface area contributed by atoms with E-state index in [0.29, 0.717) is 5.92 Å². The number of benzene rings is 1. The summed E-state index contributed by atoms with van der Waals surface area (Å²) in [5, 5.41) is 0.255. The topological polar surface area (TPSA) is 63.4 Å². The van der Waals surface area contributed by atoms with Gasteiger partial charge in [-0.15, -0.1) is 0 Å². The highest BCUT2D eigenvalue weighted by Gasteiger charge is 2.34. The number of nitrogens with two attached hydrogens (primary N) is 1. The van der Waals surface area contributed by atoms with Gasteiger partial charge >= 0.3 is 0 Å². The van der Waals surface area contributed by atoms with Crippen LogP contribution in [0.25, 0.3) is 0 Å². The summed E-state index contributed by atoms with van der Waals surface area (Å²) in [4.78, 5) is 0.0198. The summed E-state index contributed by atoms with van der Waals surface area (Å²) in [5.41, 5.74) is 5.84. The highest BCUT2D eigenvalue weighted by molar-refractivity contribution is 7.89. The number of rotatable bonds is 3. The number of anilines is 1. The summed E-state index contributed by atoms with van der Waals surface area (Å²) in [6.07, 6.45) is 4.12. The third kappa shape index (κ3) is 3.16. The molecule has 0 spiro atoms. The molecule has 0 heterocycles. The predicted molar refractivity (Wildman–Crippen MR) is 87.2 cm³/mol. The number of nitrogen functional groups attached to an aromatic ring is 1. The minimum atomic E-state index is -3.68. The minimum Gasteiger partial charge on any atom is -0.396 e. The van der Waals surface area contributed by atoms with Gasteiger partial charge in [-0.1, -0.05) is 43.0 Å². The van der Waals surface area contributed by atoms with E-state index < -0.39 is 10.0 Å². The first-order valence-electron chi connectivity index (χ1n) is 6.98. The molecule has 1 aliphatic rings. The molecule has 1 aliphatic carbocycles. The Morgan fingerprint density at radius 2 is 1.86 bits per heavy atom. The van der Waals surface area contributed by atoms with Gasteiger partial charge in [-0.25, -0.2) is 8.42 Å². The standard InChI is InChI=1S/C14H20Cl2N2O2S/c1-9-5-3-4-6-11(9)18(2)21(19,20)12-8-7-10(15)14(17)13(12)16/h7-9,11H,3-6,17H2,1-2H3. The number of nitrogens with zero attached hydrogens (tertiary/aromatic N) is 1. The van der Waals surface area contributed by atoms with Gasteiger partial charge in [-0.2, -0.15) is 4.31 Å². The third-order valence-electron chi connectivity index (χ3n) is 4.28. The second-order valence-electron chi connectivity index (χ2n) is 5.62. The average Bonchev–Trinajstić information content (AvgIpc) is 2.44. The lowest BCUT2D eigenvalue weighted by Gasteiger charge is -2.35. The lowest BCUT2D eigenvalue weighted by Crippen LogP contribution is -2.42. The first-order valence-corrected chi connectivity index (χ1v) is 9.18. The Hall–Kier alpha value is -0.490. The van der Waals surface area contributed by atoms with Crippen LogP contribution < -0.4 is 5.73 Å². The van der Waals surface area contributed by atoms with E-state index in [2.05, 4.69) is 6.92 Å². The molecule has 1 saturated carbocycles. The molecule has 0 saturated heterocycles. The van der Waals surface area contributed by atoms with Crippen molar-refractivity contribution in [3.8, 4) is 0 Å². The molecular formula is C14H20Cl2N2O2S. The Morgan fingerprint density at radius 1 is 1.24 bits per heavy atom. The van der Waals surface area contributed by atoms with Crippen LogP contribution in [0.1, 0.15) is 32.6 Å². The molecule has 2 N–H and O–H groups in total. The Labute approximate surface area is 136 Å². The number of hydrogen-bond donors (Lipinski definition) is 1. The smallest absolute Gasteiger partial charge is 0.244 e. The third-order valence-corrected chi connectivity index (χ3v) is 7.06. The molecule has 2 atom stereocenters. The van der Waals surface area contributed by atoms with Crippen LogP contribution in [0, 0.1) is 5.92 Å². The normalized spacial score (nSPS) is 23.5. The SMILES string of the molecule is CC1CCCCC1N(C)S(=O)(=O)c1ccc(Cl)c(N)c1Cl. The summed E-state index contributed by atoms with van der Waals surface area (Å²) in [6, 6.07) is 2.88. The lowest BCUT2D eigenvalue weighted by molar-refractivity contribution is 0.213. The van der Waals surface area contributed by atoms with Gasteiger partial charge in [-0.3, -0.25) is 0 Å². The van der Waals surface area contributed by atoms with Crippen LogP contribution in [0.3, 0.4) is 0 Å². The Kier molecular flexibility index (Phi) is 5.08. The van der Waals surface area contributed by atoms with Crippen LogP contribution in [0.5, 0.6) is 0 Å². The molecule has 0 bridgehead atoms. The average molecular weight is 351 g/mol. The van der Waals surface area contributed by atoms with Crippen LogP contribution in [-0.2, 0) is 10.0 Å². The highest BCUT2D eigenvalue weighted by atomic mass is 35.5. The van der Waals surface area contributed by atoms with Crippen molar-refractivity contribution in [3.05, 3.63) is 22.2 Å². The van der Waals surface area contributed by atoms with E-state index in [-0.39, 0.29) is 26.7 Å². The molecule has 1 aromatic carbocycles. The Morgan fingerprint density at radius 3 is 2.48 bits per heavy atom. The fourth-order valence-corrected chi connectivity index (χ4v) is 5.14. The number of sulfonamides is 1. The van der Waals surface area contributed by atoms with Crippen molar-refractivity contribution >= 4 is 38.9 Å². The molecule has 118 valence electrons. The van der Waals surface area contributed by atoms with Crippen LogP contribution in [0.4, 0.5) is 5.69 Å². The van der Waals surface area contributed by atoms with E-state index in [1.807, 2.05) is 0 Å². The van der Waals surface area contributed by atoms with Crippen molar-refractivity contribution in [2.45, 2.75) is 43.5 Å². The largest absolute Gasteiger partial charge is 0.396 e. The van der Waals surface area contributed by atoms with Gasteiger partial charge in [-0.05, 0) is 30.9 Å². The summed E-state index contributed by atoms with van der Waals surface area (Å²) < 4.78 is 27.0. The first kappa shape index (κ1) is 16.9. The van der Waals surface area contributed by atoms with Crippen molar-refractivity contribution in [3.63, 3.8) is 0 Å². The highest BCUT2D eigenvalue weighted by Crippen LogP contribution is 2.36. The number of hydrogen-bond acceptors (Lipinski definition) is 3. The van der Waals surface area contributed by atoms with Crippen molar-refractivity contribution in [1.82, 2.24) is 4.31 Å². The quantitative estimate of drug-likeness (QED) is 0.843. The second kappa shape index (κ2) is 6.32. The molecule has 2 rings (SSSR count). The Bertz CT molecular complexity index is 634. The van der Waals surface area contributed by atoms with Gasteiger partial charge in [0.2, 0.25) is 10.0 Å². The maximum absolute atomic E-state index is 12.8. The van der Waals surface area contributed by atoms with Crippen LogP contribution in [0.15, 0.2) is 17.0 Å². The zero-order valence-corrected chi connectivity index (χ0v) is 14.5. The number of halogens is 2. The molecule has 4 nitrogen and oxygen atoms in total. The molecular weight excluding hydrogens is 331 g/mol. The van der Waals surface area contributed by atoms with E-state index in [1.54, 1.807) is 7.05 Å². The molecule has 7 heteroatoms. The van der Waals surface area contributed by atoms with Gasteiger partial charge in [0, 0.05) is 13.1 Å². The monoisotopic (exact) mass is 350 g/mol. The lowest BCUT2D eigenvalue weighted by atomic mass is 9.86. The molecule has 0 aromatic heterocycles. The fourth-order valence-electron chi connectivity index (χ4n) is 2.92. The summed E-state index contributed by atoms with van der Waals surface area (Å²) in [6.45, 7) is 2.09. The Balaban J connectivity index is 2.40. The van der Waals surface area contributed by atoms with E-state index in [0.717, 1.165) is 25.7 Å². The fraction of sp³-hybridized carbons (Fsp3) is 0.571. The van der Waals surface area contributed by atoms with Crippen molar-refractivity contribution in [2.24, 2.45) is 5.92 Å². The second-order valence-corrected chi connectivity index (χ2v) is 8.37. The van der Waals surface area contributed by atoms with Gasteiger partial charge in [0.05, 0.1) is 15.7 Å². The predicted octanol–water partition coefficient (Wildman–Crippen LogP) is 3.77. The van der Waals surface area contributed by atoms with Crippen LogP contribution in [-0.4, -0.2) is 25.8 Å². The van der Waals surface area contributed by atoms with Crippen molar-refractivity contribution < 1.29 is 8.42 Å². The van der Waals surface area contributed by atoms with E-state index in [9.17, 15) is 8.42 Å². The summed E-state index contributed by atoms with van der Waals surface area (Å²) >= 11 is 12.0. The maximum atomic E-state index is 12.8. The van der Waals surface area contributed by atoms with Crippen molar-refractivity contribution in [1.29, 1.82) is 0 Å². The van der Waals surface area contributed by atoms with E-state index >= 15 is 0 Å². The maximum Gasteiger partial charge on any atom is 0.244 e. The molecule has 0 amide bonds. The van der Waals surface area contributed by atoms with Crippen molar-refractivity contribution in [2.75, 3.05) is 12.8 Å². The van der Waals surface area contributed by atoms with E-state index in [4.69, 9.17) is 28.9 Å². The summed E-state index contributed by atoms with van der Waals surface area (Å²) in [5.74, 6) is 0.335. The summed E-state index contributed by atoms with van der Waals surface area (Å²) in [7, 11) is -2.06. The molecule has 0 aliphatic heterocycles. The zero-order chi connectivity index (χ0) is 15.8. The first-order chi connectivity index (χ1) is 9.76. The van der Waals surface area contributed by atoms with E-state index in [1.165, 1.54) is 16.4 Å². The molecule has 2 unspecified atom stereocenters. The zero-order valence-electron chi connectivity index (χ0n) is 12.1. The van der Waals surface area contributed by atoms with Gasteiger partial charge in [0.1, 0.15) is 4.90 Å². The van der Waals surface area contributed by atoms with Gasteiger partial charge in [0.15, 0.2) is 0 Å². The van der Waals surface area contributed by atoms with Crippen LogP contribution in [0.2, 0.25) is 10.0 Å². The molecule has 1 fully saturated rings. The van der Waals surface area contributed by atoms with Gasteiger partial charge < -0.3 is 5.73 Å². The van der Waals surface area contributed by atoms with Gasteiger partial charge in [0.25, 0.3) is 0 Å². The molecule has 1 aromatic rings.